The van der Waals surface area contributed by atoms with Crippen molar-refractivity contribution in [2.24, 2.45) is 0 Å². The number of rotatable bonds is 6. The molecule has 1 aliphatic heterocycles. The summed E-state index contributed by atoms with van der Waals surface area (Å²) in [5.74, 6) is -1.14. The number of nitrogens with one attached hydrogen (secondary N) is 1. The van der Waals surface area contributed by atoms with Crippen LogP contribution in [-0.4, -0.2) is 62.1 Å². The fourth-order valence-electron chi connectivity index (χ4n) is 1.33. The lowest BCUT2D eigenvalue weighted by atomic mass is 10.5. The summed E-state index contributed by atoms with van der Waals surface area (Å²) in [6.07, 6.45) is 0. The van der Waals surface area contributed by atoms with Crippen molar-refractivity contribution in [2.75, 3.05) is 33.4 Å². The van der Waals surface area contributed by atoms with Gasteiger partial charge in [0.2, 0.25) is 5.91 Å². The monoisotopic (exact) mass is 244 g/mol. The Morgan fingerprint density at radius 2 is 2.12 bits per heavy atom. The maximum atomic E-state index is 11.3. The molecule has 1 amide bonds. The van der Waals surface area contributed by atoms with Crippen molar-refractivity contribution in [1.29, 1.82) is 0 Å². The molecule has 96 valence electrons. The van der Waals surface area contributed by atoms with Crippen LogP contribution in [0, 0.1) is 0 Å². The SMILES string of the molecule is CCOC(=O)CNC(=O)CN1CC1C(=O)OC. The number of hydrogen-bond donors (Lipinski definition) is 1. The van der Waals surface area contributed by atoms with Gasteiger partial charge in [0.05, 0.1) is 20.3 Å². The first-order valence-electron chi connectivity index (χ1n) is 5.32. The molecule has 2 unspecified atom stereocenters. The summed E-state index contributed by atoms with van der Waals surface area (Å²) >= 11 is 0. The lowest BCUT2D eigenvalue weighted by Crippen LogP contribution is -2.35. The number of carbonyl (C=O) groups is 3. The minimum atomic E-state index is -0.476. The average Bonchev–Trinajstić information content (AvgIpc) is 3.05. The van der Waals surface area contributed by atoms with Gasteiger partial charge in [-0.05, 0) is 6.92 Å². The van der Waals surface area contributed by atoms with Crippen LogP contribution in [0.15, 0.2) is 0 Å². The van der Waals surface area contributed by atoms with Crippen LogP contribution in [0.2, 0.25) is 0 Å². The number of ether oxygens (including phenoxy) is 2. The van der Waals surface area contributed by atoms with Crippen LogP contribution in [0.1, 0.15) is 6.92 Å². The molecule has 1 heterocycles. The third-order valence-electron chi connectivity index (χ3n) is 2.27. The van der Waals surface area contributed by atoms with Crippen LogP contribution in [0.4, 0.5) is 0 Å². The number of esters is 2. The number of hydrogen-bond acceptors (Lipinski definition) is 6. The van der Waals surface area contributed by atoms with E-state index in [9.17, 15) is 14.4 Å². The zero-order chi connectivity index (χ0) is 12.8. The van der Waals surface area contributed by atoms with Gasteiger partial charge in [-0.2, -0.15) is 0 Å². The highest BCUT2D eigenvalue weighted by atomic mass is 16.5. The van der Waals surface area contributed by atoms with Gasteiger partial charge < -0.3 is 14.8 Å². The van der Waals surface area contributed by atoms with Gasteiger partial charge in [-0.3, -0.25) is 19.3 Å². The number of methoxy groups -OCH3 is 1. The minimum Gasteiger partial charge on any atom is -0.468 e. The van der Waals surface area contributed by atoms with Gasteiger partial charge in [-0.25, -0.2) is 0 Å². The molecule has 0 bridgehead atoms. The molecule has 17 heavy (non-hydrogen) atoms. The van der Waals surface area contributed by atoms with Crippen molar-refractivity contribution < 1.29 is 23.9 Å². The van der Waals surface area contributed by atoms with Crippen molar-refractivity contribution in [2.45, 2.75) is 13.0 Å². The van der Waals surface area contributed by atoms with Crippen molar-refractivity contribution in [3.05, 3.63) is 0 Å². The highest BCUT2D eigenvalue weighted by Gasteiger charge is 2.42. The van der Waals surface area contributed by atoms with Crippen molar-refractivity contribution in [3.63, 3.8) is 0 Å². The number of amides is 1. The van der Waals surface area contributed by atoms with Gasteiger partial charge in [0.15, 0.2) is 0 Å². The second kappa shape index (κ2) is 6.19. The maximum Gasteiger partial charge on any atom is 0.325 e. The molecule has 0 aromatic rings. The van der Waals surface area contributed by atoms with Crippen LogP contribution in [-0.2, 0) is 23.9 Å². The van der Waals surface area contributed by atoms with Crippen LogP contribution in [0.3, 0.4) is 0 Å². The van der Waals surface area contributed by atoms with E-state index >= 15 is 0 Å². The molecule has 1 aliphatic rings. The molecular formula is C10H16N2O5. The summed E-state index contributed by atoms with van der Waals surface area (Å²) in [5.41, 5.74) is 0. The topological polar surface area (TPSA) is 84.7 Å². The summed E-state index contributed by atoms with van der Waals surface area (Å²) in [5, 5.41) is 2.41. The predicted octanol–water partition coefficient (Wildman–Crippen LogP) is -1.48. The zero-order valence-corrected chi connectivity index (χ0v) is 9.89. The molecule has 1 fully saturated rings. The Hall–Kier alpha value is -1.63. The third kappa shape index (κ3) is 4.39. The Labute approximate surface area is 99.0 Å². The predicted molar refractivity (Wildman–Crippen MR) is 57.0 cm³/mol. The second-order valence-corrected chi connectivity index (χ2v) is 3.55. The van der Waals surface area contributed by atoms with E-state index in [-0.39, 0.29) is 37.6 Å². The first-order chi connectivity index (χ1) is 8.08. The fraction of sp³-hybridized carbons (Fsp3) is 0.700. The normalized spacial score (nSPS) is 21.5. The average molecular weight is 244 g/mol. The third-order valence-corrected chi connectivity index (χ3v) is 2.27. The Balaban J connectivity index is 2.15. The smallest absolute Gasteiger partial charge is 0.325 e. The first-order valence-corrected chi connectivity index (χ1v) is 5.32. The van der Waals surface area contributed by atoms with Crippen molar-refractivity contribution in [3.8, 4) is 0 Å². The Morgan fingerprint density at radius 1 is 1.41 bits per heavy atom. The van der Waals surface area contributed by atoms with E-state index < -0.39 is 5.97 Å². The molecule has 1 saturated heterocycles. The van der Waals surface area contributed by atoms with E-state index in [0.29, 0.717) is 6.54 Å². The molecule has 0 aliphatic carbocycles. The van der Waals surface area contributed by atoms with E-state index in [1.807, 2.05) is 0 Å². The summed E-state index contributed by atoms with van der Waals surface area (Å²) in [6, 6.07) is -0.326. The van der Waals surface area contributed by atoms with Gasteiger partial charge in [-0.1, -0.05) is 0 Å². The van der Waals surface area contributed by atoms with E-state index in [1.165, 1.54) is 7.11 Å². The molecule has 0 radical (unpaired) electrons. The molecule has 2 atom stereocenters. The van der Waals surface area contributed by atoms with Crippen LogP contribution >= 0.6 is 0 Å². The summed E-state index contributed by atoms with van der Waals surface area (Å²) in [7, 11) is 1.31. The highest BCUT2D eigenvalue weighted by Crippen LogP contribution is 2.17. The molecule has 1 N–H and O–H groups in total. The molecule has 0 aromatic carbocycles. The molecule has 7 heteroatoms. The molecule has 0 aromatic heterocycles. The van der Waals surface area contributed by atoms with Gasteiger partial charge in [-0.15, -0.1) is 0 Å². The molecule has 0 spiro atoms. The molecule has 0 saturated carbocycles. The van der Waals surface area contributed by atoms with E-state index in [4.69, 9.17) is 0 Å². The maximum absolute atomic E-state index is 11.3. The standard InChI is InChI=1S/C10H16N2O5/c1-3-17-9(14)4-11-8(13)6-12-5-7(12)10(15)16-2/h7H,3-6H2,1-2H3,(H,11,13). The van der Waals surface area contributed by atoms with Crippen LogP contribution < -0.4 is 5.32 Å². The lowest BCUT2D eigenvalue weighted by Gasteiger charge is -2.05. The lowest BCUT2D eigenvalue weighted by molar-refractivity contribution is -0.144. The zero-order valence-electron chi connectivity index (χ0n) is 9.89. The minimum absolute atomic E-state index is 0.0825. The van der Waals surface area contributed by atoms with Gasteiger partial charge in [0, 0.05) is 6.54 Å². The summed E-state index contributed by atoms with van der Waals surface area (Å²) in [6.45, 7) is 2.42. The Kier molecular flexibility index (Phi) is 4.89. The van der Waals surface area contributed by atoms with Crippen LogP contribution in [0.5, 0.6) is 0 Å². The fourth-order valence-corrected chi connectivity index (χ4v) is 1.33. The second-order valence-electron chi connectivity index (χ2n) is 3.55. The highest BCUT2D eigenvalue weighted by molar-refractivity contribution is 5.85. The van der Waals surface area contributed by atoms with E-state index in [1.54, 1.807) is 11.8 Å². The molecule has 1 rings (SSSR count). The van der Waals surface area contributed by atoms with Crippen molar-refractivity contribution in [1.82, 2.24) is 10.2 Å². The summed E-state index contributed by atoms with van der Waals surface area (Å²) < 4.78 is 9.18. The summed E-state index contributed by atoms with van der Waals surface area (Å²) in [4.78, 5) is 35.0. The molecular weight excluding hydrogens is 228 g/mol. The van der Waals surface area contributed by atoms with Crippen molar-refractivity contribution >= 4 is 17.8 Å². The number of carbonyl (C=O) groups excluding carboxylic acids is 3. The van der Waals surface area contributed by atoms with Gasteiger partial charge >= 0.3 is 11.9 Å². The number of nitrogens with zero attached hydrogens (tertiary/aromatic N) is 1. The van der Waals surface area contributed by atoms with E-state index in [0.717, 1.165) is 0 Å². The quantitative estimate of drug-likeness (QED) is 0.453. The molecule has 7 nitrogen and oxygen atoms in total. The van der Waals surface area contributed by atoms with E-state index in [2.05, 4.69) is 14.8 Å². The van der Waals surface area contributed by atoms with Gasteiger partial charge in [0.1, 0.15) is 12.6 Å². The Bertz CT molecular complexity index is 318. The first kappa shape index (κ1) is 13.4. The Morgan fingerprint density at radius 3 is 2.71 bits per heavy atom. The van der Waals surface area contributed by atoms with Gasteiger partial charge in [0.25, 0.3) is 0 Å². The van der Waals surface area contributed by atoms with Crippen LogP contribution in [0.25, 0.3) is 0 Å². The largest absolute Gasteiger partial charge is 0.468 e.